The summed E-state index contributed by atoms with van der Waals surface area (Å²) in [6.07, 6.45) is 3.11. The van der Waals surface area contributed by atoms with Crippen molar-refractivity contribution >= 4 is 11.6 Å². The van der Waals surface area contributed by atoms with Gasteiger partial charge in [-0.25, -0.2) is 0 Å². The molecule has 1 unspecified atom stereocenters. The maximum Gasteiger partial charge on any atom is 0.239 e. The molecule has 5 heteroatoms. The molecule has 0 bridgehead atoms. The number of carbonyl (C=O) groups is 1. The van der Waals surface area contributed by atoms with E-state index in [0.717, 1.165) is 51.2 Å². The second-order valence-corrected chi connectivity index (χ2v) is 7.47. The van der Waals surface area contributed by atoms with Crippen molar-refractivity contribution in [3.8, 4) is 5.75 Å². The highest BCUT2D eigenvalue weighted by Crippen LogP contribution is 2.34. The van der Waals surface area contributed by atoms with E-state index in [1.807, 2.05) is 11.0 Å². The third-order valence-corrected chi connectivity index (χ3v) is 5.80. The van der Waals surface area contributed by atoms with Crippen molar-refractivity contribution in [2.75, 3.05) is 38.2 Å². The second-order valence-electron chi connectivity index (χ2n) is 7.47. The molecule has 130 valence electrons. The van der Waals surface area contributed by atoms with Gasteiger partial charge in [0.25, 0.3) is 0 Å². The normalized spacial score (nSPS) is 29.2. The molecule has 24 heavy (non-hydrogen) atoms. The van der Waals surface area contributed by atoms with E-state index in [0.29, 0.717) is 17.9 Å². The van der Waals surface area contributed by atoms with Crippen LogP contribution in [0, 0.1) is 5.92 Å². The van der Waals surface area contributed by atoms with Gasteiger partial charge in [-0.15, -0.1) is 0 Å². The minimum absolute atomic E-state index is 0.0115. The molecule has 2 fully saturated rings. The highest BCUT2D eigenvalue weighted by Gasteiger charge is 2.38. The summed E-state index contributed by atoms with van der Waals surface area (Å²) in [6.45, 7) is 6.01. The molecule has 0 radical (unpaired) electrons. The largest absolute Gasteiger partial charge is 0.497 e. The SMILES string of the molecule is COc1ccc2c(c1)CCN2[C@@H]1CN[C@H](C(=O)N2CCC(C)C2)C1. The predicted molar refractivity (Wildman–Crippen MR) is 94.6 cm³/mol. The lowest BCUT2D eigenvalue weighted by Crippen LogP contribution is -2.42. The van der Waals surface area contributed by atoms with Crippen LogP contribution in [0.25, 0.3) is 0 Å². The minimum Gasteiger partial charge on any atom is -0.497 e. The minimum atomic E-state index is -0.0115. The van der Waals surface area contributed by atoms with Crippen molar-refractivity contribution < 1.29 is 9.53 Å². The monoisotopic (exact) mass is 329 g/mol. The number of ether oxygens (including phenoxy) is 1. The van der Waals surface area contributed by atoms with Crippen LogP contribution in [0.15, 0.2) is 18.2 Å². The Morgan fingerprint density at radius 1 is 1.33 bits per heavy atom. The number of anilines is 1. The van der Waals surface area contributed by atoms with Gasteiger partial charge in [-0.1, -0.05) is 6.92 Å². The van der Waals surface area contributed by atoms with Crippen LogP contribution in [-0.2, 0) is 11.2 Å². The van der Waals surface area contributed by atoms with Gasteiger partial charge in [-0.05, 0) is 48.9 Å². The number of likely N-dealkylation sites (tertiary alicyclic amines) is 1. The maximum atomic E-state index is 12.7. The fourth-order valence-electron chi connectivity index (χ4n) is 4.41. The quantitative estimate of drug-likeness (QED) is 0.916. The van der Waals surface area contributed by atoms with Crippen molar-refractivity contribution in [2.45, 2.75) is 38.3 Å². The van der Waals surface area contributed by atoms with Gasteiger partial charge in [0.15, 0.2) is 0 Å². The van der Waals surface area contributed by atoms with E-state index in [1.54, 1.807) is 7.11 Å². The number of hydrogen-bond acceptors (Lipinski definition) is 4. The summed E-state index contributed by atoms with van der Waals surface area (Å²) in [4.78, 5) is 17.2. The van der Waals surface area contributed by atoms with Gasteiger partial charge in [-0.3, -0.25) is 4.79 Å². The van der Waals surface area contributed by atoms with Crippen LogP contribution >= 0.6 is 0 Å². The van der Waals surface area contributed by atoms with E-state index < -0.39 is 0 Å². The third-order valence-electron chi connectivity index (χ3n) is 5.80. The Kier molecular flexibility index (Phi) is 4.12. The van der Waals surface area contributed by atoms with E-state index in [2.05, 4.69) is 29.3 Å². The number of methoxy groups -OCH3 is 1. The Morgan fingerprint density at radius 3 is 2.96 bits per heavy atom. The summed E-state index contributed by atoms with van der Waals surface area (Å²) in [5.41, 5.74) is 2.67. The van der Waals surface area contributed by atoms with Gasteiger partial charge in [0, 0.05) is 37.9 Å². The summed E-state index contributed by atoms with van der Waals surface area (Å²) < 4.78 is 5.33. The molecule has 1 aromatic carbocycles. The van der Waals surface area contributed by atoms with Crippen molar-refractivity contribution in [3.63, 3.8) is 0 Å². The number of nitrogens with one attached hydrogen (secondary N) is 1. The molecular weight excluding hydrogens is 302 g/mol. The number of hydrogen-bond donors (Lipinski definition) is 1. The first-order valence-electron chi connectivity index (χ1n) is 9.11. The average Bonchev–Trinajstić information content (AvgIpc) is 3.32. The van der Waals surface area contributed by atoms with Gasteiger partial charge in [0.05, 0.1) is 13.2 Å². The Hall–Kier alpha value is -1.75. The Morgan fingerprint density at radius 2 is 2.21 bits per heavy atom. The number of rotatable bonds is 3. The maximum absolute atomic E-state index is 12.7. The van der Waals surface area contributed by atoms with Gasteiger partial charge in [0.1, 0.15) is 5.75 Å². The molecule has 5 nitrogen and oxygen atoms in total. The summed E-state index contributed by atoms with van der Waals surface area (Å²) in [5, 5.41) is 3.47. The van der Waals surface area contributed by atoms with E-state index in [-0.39, 0.29) is 6.04 Å². The zero-order valence-electron chi connectivity index (χ0n) is 14.6. The second kappa shape index (κ2) is 6.28. The molecule has 0 aromatic heterocycles. The van der Waals surface area contributed by atoms with Gasteiger partial charge >= 0.3 is 0 Å². The summed E-state index contributed by atoms with van der Waals surface area (Å²) in [5.74, 6) is 1.87. The van der Waals surface area contributed by atoms with E-state index >= 15 is 0 Å². The molecule has 0 spiro atoms. The van der Waals surface area contributed by atoms with Gasteiger partial charge in [-0.2, -0.15) is 0 Å². The highest BCUT2D eigenvalue weighted by molar-refractivity contribution is 5.82. The molecule has 1 aromatic rings. The van der Waals surface area contributed by atoms with Crippen LogP contribution in [0.1, 0.15) is 25.3 Å². The first-order chi connectivity index (χ1) is 11.7. The van der Waals surface area contributed by atoms with Gasteiger partial charge < -0.3 is 19.9 Å². The molecule has 1 amide bonds. The fraction of sp³-hybridized carbons (Fsp3) is 0.632. The number of nitrogens with zero attached hydrogens (tertiary/aromatic N) is 2. The van der Waals surface area contributed by atoms with Crippen LogP contribution in [0.2, 0.25) is 0 Å². The van der Waals surface area contributed by atoms with Crippen LogP contribution < -0.4 is 15.0 Å². The zero-order chi connectivity index (χ0) is 16.7. The van der Waals surface area contributed by atoms with Gasteiger partial charge in [0.2, 0.25) is 5.91 Å². The van der Waals surface area contributed by atoms with E-state index in [9.17, 15) is 4.79 Å². The Bertz CT molecular complexity index is 633. The van der Waals surface area contributed by atoms with Crippen molar-refractivity contribution in [3.05, 3.63) is 23.8 Å². The summed E-state index contributed by atoms with van der Waals surface area (Å²) in [6, 6.07) is 6.74. The number of fused-ring (bicyclic) bond motifs is 1. The molecule has 0 aliphatic carbocycles. The first kappa shape index (κ1) is 15.8. The number of amides is 1. The van der Waals surface area contributed by atoms with E-state index in [4.69, 9.17) is 4.74 Å². The third kappa shape index (κ3) is 2.75. The topological polar surface area (TPSA) is 44.8 Å². The molecule has 3 aliphatic rings. The van der Waals surface area contributed by atoms with E-state index in [1.165, 1.54) is 11.3 Å². The highest BCUT2D eigenvalue weighted by atomic mass is 16.5. The summed E-state index contributed by atoms with van der Waals surface area (Å²) in [7, 11) is 1.71. The zero-order valence-corrected chi connectivity index (χ0v) is 14.6. The molecule has 2 saturated heterocycles. The lowest BCUT2D eigenvalue weighted by atomic mass is 10.1. The Labute approximate surface area is 144 Å². The molecule has 3 atom stereocenters. The van der Waals surface area contributed by atoms with Crippen molar-refractivity contribution in [1.82, 2.24) is 10.2 Å². The molecule has 1 N–H and O–H groups in total. The smallest absolute Gasteiger partial charge is 0.239 e. The molecule has 0 saturated carbocycles. The van der Waals surface area contributed by atoms with Crippen LogP contribution in [0.3, 0.4) is 0 Å². The number of benzene rings is 1. The average molecular weight is 329 g/mol. The lowest BCUT2D eigenvalue weighted by molar-refractivity contribution is -0.132. The van der Waals surface area contributed by atoms with Crippen LogP contribution in [0.4, 0.5) is 5.69 Å². The van der Waals surface area contributed by atoms with Crippen LogP contribution in [-0.4, -0.2) is 56.2 Å². The fourth-order valence-corrected chi connectivity index (χ4v) is 4.41. The summed E-state index contributed by atoms with van der Waals surface area (Å²) >= 11 is 0. The standard InChI is InChI=1S/C19H27N3O2/c1-13-5-7-21(12-13)19(23)17-10-15(11-20-17)22-8-6-14-9-16(24-2)3-4-18(14)22/h3-4,9,13,15,17,20H,5-8,10-12H2,1-2H3/t13?,15-,17-/m0/s1. The predicted octanol–water partition coefficient (Wildman–Crippen LogP) is 1.66. The number of carbonyl (C=O) groups excluding carboxylic acids is 1. The molecule has 3 heterocycles. The molecular formula is C19H27N3O2. The van der Waals surface area contributed by atoms with Crippen molar-refractivity contribution in [2.24, 2.45) is 5.92 Å². The first-order valence-corrected chi connectivity index (χ1v) is 9.11. The molecule has 4 rings (SSSR count). The lowest BCUT2D eigenvalue weighted by Gasteiger charge is -2.27. The Balaban J connectivity index is 1.42. The molecule has 3 aliphatic heterocycles. The van der Waals surface area contributed by atoms with Crippen LogP contribution in [0.5, 0.6) is 5.75 Å². The van der Waals surface area contributed by atoms with Crippen molar-refractivity contribution in [1.29, 1.82) is 0 Å².